The summed E-state index contributed by atoms with van der Waals surface area (Å²) in [7, 11) is 0. The molecule has 2 fully saturated rings. The molecule has 1 aromatic heterocycles. The lowest BCUT2D eigenvalue weighted by Gasteiger charge is -2.20. The van der Waals surface area contributed by atoms with Crippen molar-refractivity contribution in [1.82, 2.24) is 9.97 Å². The number of aromatic nitrogens is 2. The second-order valence-electron chi connectivity index (χ2n) is 6.12. The molecule has 2 heterocycles. The van der Waals surface area contributed by atoms with E-state index in [1.807, 2.05) is 13.8 Å². The highest BCUT2D eigenvalue weighted by Gasteiger charge is 2.42. The maximum atomic E-state index is 11.7. The van der Waals surface area contributed by atoms with E-state index in [-0.39, 0.29) is 17.6 Å². The highest BCUT2D eigenvalue weighted by atomic mass is 16.3. The van der Waals surface area contributed by atoms with Crippen LogP contribution in [-0.4, -0.2) is 34.3 Å². The van der Waals surface area contributed by atoms with Gasteiger partial charge in [-0.25, -0.2) is 4.98 Å². The summed E-state index contributed by atoms with van der Waals surface area (Å²) < 4.78 is 0. The van der Waals surface area contributed by atoms with E-state index in [2.05, 4.69) is 14.9 Å². The molecule has 1 saturated carbocycles. The van der Waals surface area contributed by atoms with Crippen LogP contribution >= 0.6 is 0 Å². The normalized spacial score (nSPS) is 30.1. The molecule has 0 amide bonds. The van der Waals surface area contributed by atoms with Crippen molar-refractivity contribution in [3.63, 3.8) is 0 Å². The number of aliphatic hydroxyl groups is 1. The van der Waals surface area contributed by atoms with Crippen molar-refractivity contribution < 1.29 is 5.11 Å². The first-order chi connectivity index (χ1) is 9.04. The molecule has 2 N–H and O–H groups in total. The van der Waals surface area contributed by atoms with Gasteiger partial charge in [0, 0.05) is 31.0 Å². The van der Waals surface area contributed by atoms with Gasteiger partial charge >= 0.3 is 0 Å². The standard InChI is InChI=1S/C14H21N3O2/c1-8(2)14-15-12(5-13(19)16-14)17-6-9-3-4-11(18)10(9)7-17/h5,8-11,18H,3-4,6-7H2,1-2H3,(H,15,16,19). The highest BCUT2D eigenvalue weighted by molar-refractivity contribution is 5.40. The maximum Gasteiger partial charge on any atom is 0.252 e. The van der Waals surface area contributed by atoms with Crippen LogP contribution < -0.4 is 10.5 Å². The van der Waals surface area contributed by atoms with Crippen molar-refractivity contribution in [1.29, 1.82) is 0 Å². The molecular formula is C14H21N3O2. The van der Waals surface area contributed by atoms with E-state index < -0.39 is 0 Å². The van der Waals surface area contributed by atoms with Crippen molar-refractivity contribution in [2.45, 2.75) is 38.7 Å². The molecule has 1 saturated heterocycles. The summed E-state index contributed by atoms with van der Waals surface area (Å²) in [6.07, 6.45) is 1.83. The van der Waals surface area contributed by atoms with Crippen molar-refractivity contribution in [2.24, 2.45) is 11.8 Å². The van der Waals surface area contributed by atoms with E-state index in [9.17, 15) is 9.90 Å². The first-order valence-electron chi connectivity index (χ1n) is 7.09. The number of anilines is 1. The predicted molar refractivity (Wildman–Crippen MR) is 73.4 cm³/mol. The average Bonchev–Trinajstić information content (AvgIpc) is 2.91. The van der Waals surface area contributed by atoms with Gasteiger partial charge < -0.3 is 15.0 Å². The van der Waals surface area contributed by atoms with Crippen molar-refractivity contribution in [2.75, 3.05) is 18.0 Å². The molecule has 0 bridgehead atoms. The average molecular weight is 263 g/mol. The molecule has 0 aromatic carbocycles. The van der Waals surface area contributed by atoms with Crippen LogP contribution in [0, 0.1) is 11.8 Å². The van der Waals surface area contributed by atoms with E-state index in [0.29, 0.717) is 11.8 Å². The van der Waals surface area contributed by atoms with Crippen molar-refractivity contribution >= 4 is 5.82 Å². The lowest BCUT2D eigenvalue weighted by molar-refractivity contribution is 0.133. The summed E-state index contributed by atoms with van der Waals surface area (Å²) in [6.45, 7) is 5.77. The molecule has 19 heavy (non-hydrogen) atoms. The summed E-state index contributed by atoms with van der Waals surface area (Å²) in [5, 5.41) is 9.95. The van der Waals surface area contributed by atoms with E-state index in [1.165, 1.54) is 0 Å². The molecule has 3 unspecified atom stereocenters. The van der Waals surface area contributed by atoms with E-state index in [0.717, 1.165) is 37.6 Å². The van der Waals surface area contributed by atoms with Crippen LogP contribution in [0.5, 0.6) is 0 Å². The van der Waals surface area contributed by atoms with Crippen LogP contribution in [-0.2, 0) is 0 Å². The number of nitrogens with one attached hydrogen (secondary N) is 1. The summed E-state index contributed by atoms with van der Waals surface area (Å²) in [4.78, 5) is 21.2. The van der Waals surface area contributed by atoms with Gasteiger partial charge in [-0.05, 0) is 18.8 Å². The Morgan fingerprint density at radius 3 is 2.89 bits per heavy atom. The van der Waals surface area contributed by atoms with Gasteiger partial charge in [0.05, 0.1) is 6.10 Å². The predicted octanol–water partition coefficient (Wildman–Crippen LogP) is 1.10. The molecule has 1 aliphatic carbocycles. The summed E-state index contributed by atoms with van der Waals surface area (Å²) >= 11 is 0. The van der Waals surface area contributed by atoms with Crippen LogP contribution in [0.3, 0.4) is 0 Å². The molecule has 0 radical (unpaired) electrons. The van der Waals surface area contributed by atoms with Gasteiger partial charge in [-0.2, -0.15) is 0 Å². The molecule has 3 rings (SSSR count). The lowest BCUT2D eigenvalue weighted by Crippen LogP contribution is -2.27. The number of aliphatic hydroxyl groups excluding tert-OH is 1. The molecule has 2 aliphatic rings. The molecule has 5 nitrogen and oxygen atoms in total. The third kappa shape index (κ3) is 2.27. The van der Waals surface area contributed by atoms with Crippen LogP contribution in [0.2, 0.25) is 0 Å². The Bertz CT molecular complexity index is 526. The Morgan fingerprint density at radius 1 is 1.42 bits per heavy atom. The van der Waals surface area contributed by atoms with E-state index in [1.54, 1.807) is 6.07 Å². The van der Waals surface area contributed by atoms with Gasteiger partial charge in [0.1, 0.15) is 11.6 Å². The zero-order chi connectivity index (χ0) is 13.6. The van der Waals surface area contributed by atoms with E-state index in [4.69, 9.17) is 0 Å². The summed E-state index contributed by atoms with van der Waals surface area (Å²) in [6, 6.07) is 1.57. The largest absolute Gasteiger partial charge is 0.393 e. The monoisotopic (exact) mass is 263 g/mol. The fraction of sp³-hybridized carbons (Fsp3) is 0.714. The number of aromatic amines is 1. The quantitative estimate of drug-likeness (QED) is 0.838. The van der Waals surface area contributed by atoms with Gasteiger partial charge in [0.25, 0.3) is 5.56 Å². The Hall–Kier alpha value is -1.36. The molecule has 1 aromatic rings. The maximum absolute atomic E-state index is 11.7. The number of fused-ring (bicyclic) bond motifs is 1. The zero-order valence-corrected chi connectivity index (χ0v) is 11.5. The third-order valence-corrected chi connectivity index (χ3v) is 4.44. The van der Waals surface area contributed by atoms with Gasteiger partial charge in [0.15, 0.2) is 0 Å². The fourth-order valence-corrected chi connectivity index (χ4v) is 3.32. The topological polar surface area (TPSA) is 69.2 Å². The van der Waals surface area contributed by atoms with E-state index >= 15 is 0 Å². The Kier molecular flexibility index (Phi) is 3.09. The van der Waals surface area contributed by atoms with Crippen molar-refractivity contribution in [3.8, 4) is 0 Å². The van der Waals surface area contributed by atoms with Crippen molar-refractivity contribution in [3.05, 3.63) is 22.2 Å². The molecule has 1 aliphatic heterocycles. The van der Waals surface area contributed by atoms with Crippen LogP contribution in [0.15, 0.2) is 10.9 Å². The lowest BCUT2D eigenvalue weighted by atomic mass is 10.00. The minimum Gasteiger partial charge on any atom is -0.393 e. The minimum absolute atomic E-state index is 0.0914. The Labute approximate surface area is 112 Å². The molecule has 0 spiro atoms. The first-order valence-corrected chi connectivity index (χ1v) is 7.09. The van der Waals surface area contributed by atoms with Gasteiger partial charge in [-0.1, -0.05) is 13.8 Å². The van der Waals surface area contributed by atoms with Crippen LogP contribution in [0.25, 0.3) is 0 Å². The van der Waals surface area contributed by atoms with Gasteiger partial charge in [-0.3, -0.25) is 4.79 Å². The van der Waals surface area contributed by atoms with Gasteiger partial charge in [-0.15, -0.1) is 0 Å². The number of hydrogen-bond donors (Lipinski definition) is 2. The molecule has 3 atom stereocenters. The number of H-pyrrole nitrogens is 1. The Balaban J connectivity index is 1.86. The second kappa shape index (κ2) is 4.63. The zero-order valence-electron chi connectivity index (χ0n) is 11.5. The molecule has 104 valence electrons. The smallest absolute Gasteiger partial charge is 0.252 e. The number of hydrogen-bond acceptors (Lipinski definition) is 4. The van der Waals surface area contributed by atoms with Gasteiger partial charge in [0.2, 0.25) is 0 Å². The minimum atomic E-state index is -0.179. The van der Waals surface area contributed by atoms with Crippen LogP contribution in [0.4, 0.5) is 5.82 Å². The Morgan fingerprint density at radius 2 is 2.21 bits per heavy atom. The second-order valence-corrected chi connectivity index (χ2v) is 6.12. The molecule has 5 heteroatoms. The van der Waals surface area contributed by atoms with Crippen LogP contribution in [0.1, 0.15) is 38.4 Å². The summed E-state index contributed by atoms with van der Waals surface area (Å²) in [5.74, 6) is 2.61. The third-order valence-electron chi connectivity index (χ3n) is 4.44. The number of nitrogens with zero attached hydrogens (tertiary/aromatic N) is 2. The first kappa shape index (κ1) is 12.7. The summed E-state index contributed by atoms with van der Waals surface area (Å²) in [5.41, 5.74) is -0.0914. The SMILES string of the molecule is CC(C)c1nc(N2CC3CCC(O)C3C2)cc(=O)[nH]1. The molecular weight excluding hydrogens is 242 g/mol. The number of rotatable bonds is 2. The highest BCUT2D eigenvalue weighted by Crippen LogP contribution is 2.39. The fourth-order valence-electron chi connectivity index (χ4n) is 3.32.